The Labute approximate surface area is 244 Å². The average Bonchev–Trinajstić information content (AvgIpc) is 3.45. The lowest BCUT2D eigenvalue weighted by Crippen LogP contribution is -2.11. The first kappa shape index (κ1) is 24.2. The molecule has 2 nitrogen and oxygen atoms in total. The van der Waals surface area contributed by atoms with Crippen LogP contribution in [0.15, 0.2) is 168 Å². The molecular weight excluding hydrogens is 510 g/mol. The van der Waals surface area contributed by atoms with Crippen molar-refractivity contribution in [1.82, 2.24) is 0 Å². The van der Waals surface area contributed by atoms with Gasteiger partial charge in [-0.15, -0.1) is 0 Å². The van der Waals surface area contributed by atoms with Crippen molar-refractivity contribution in [2.75, 3.05) is 4.90 Å². The van der Waals surface area contributed by atoms with Crippen molar-refractivity contribution in [1.29, 1.82) is 0 Å². The summed E-state index contributed by atoms with van der Waals surface area (Å²) >= 11 is 0. The van der Waals surface area contributed by atoms with E-state index in [9.17, 15) is 0 Å². The Morgan fingerprint density at radius 2 is 1.02 bits per heavy atom. The van der Waals surface area contributed by atoms with Gasteiger partial charge in [-0.05, 0) is 70.6 Å². The molecule has 0 N–H and O–H groups in total. The van der Waals surface area contributed by atoms with Gasteiger partial charge >= 0.3 is 0 Å². The topological polar surface area (TPSA) is 16.4 Å². The Balaban J connectivity index is 1.32. The van der Waals surface area contributed by atoms with Crippen molar-refractivity contribution in [3.63, 3.8) is 0 Å². The Kier molecular flexibility index (Phi) is 5.82. The summed E-state index contributed by atoms with van der Waals surface area (Å²) in [5.41, 5.74) is 9.94. The van der Waals surface area contributed by atoms with Gasteiger partial charge in [0.2, 0.25) is 0 Å². The normalized spacial score (nSPS) is 11.3. The standard InChI is InChI=1S/C40H27NO/c1-3-11-28(12-4-1)29-19-22-32(23-20-29)41(38-17-9-7-15-34(38)30-13-5-2-6-14-30)33-24-26-35-31(27-33)21-25-37-36-16-8-10-18-39(36)42-40(35)37/h1-27H. The van der Waals surface area contributed by atoms with Gasteiger partial charge in [0.1, 0.15) is 11.2 Å². The Morgan fingerprint density at radius 1 is 0.405 bits per heavy atom. The molecule has 0 unspecified atom stereocenters. The highest BCUT2D eigenvalue weighted by Crippen LogP contribution is 2.43. The van der Waals surface area contributed by atoms with Gasteiger partial charge in [0.15, 0.2) is 0 Å². The minimum Gasteiger partial charge on any atom is -0.455 e. The van der Waals surface area contributed by atoms with E-state index in [-0.39, 0.29) is 0 Å². The van der Waals surface area contributed by atoms with Crippen molar-refractivity contribution in [2.45, 2.75) is 0 Å². The second-order valence-electron chi connectivity index (χ2n) is 10.6. The third-order valence-electron chi connectivity index (χ3n) is 8.06. The van der Waals surface area contributed by atoms with Crippen molar-refractivity contribution in [3.8, 4) is 22.3 Å². The summed E-state index contributed by atoms with van der Waals surface area (Å²) in [4.78, 5) is 2.36. The van der Waals surface area contributed by atoms with Crippen LogP contribution < -0.4 is 4.90 Å². The summed E-state index contributed by atoms with van der Waals surface area (Å²) in [6.45, 7) is 0. The zero-order valence-electron chi connectivity index (χ0n) is 22.9. The number of rotatable bonds is 5. The van der Waals surface area contributed by atoms with E-state index in [0.717, 1.165) is 49.8 Å². The van der Waals surface area contributed by atoms with Gasteiger partial charge in [-0.3, -0.25) is 0 Å². The Morgan fingerprint density at radius 3 is 1.83 bits per heavy atom. The maximum absolute atomic E-state index is 6.35. The zero-order chi connectivity index (χ0) is 27.9. The molecule has 0 aliphatic heterocycles. The van der Waals surface area contributed by atoms with Crippen LogP contribution in [0.2, 0.25) is 0 Å². The second kappa shape index (κ2) is 10.1. The molecule has 0 bridgehead atoms. The number of hydrogen-bond donors (Lipinski definition) is 0. The lowest BCUT2D eigenvalue weighted by Gasteiger charge is -2.28. The van der Waals surface area contributed by atoms with E-state index in [1.165, 1.54) is 22.3 Å². The van der Waals surface area contributed by atoms with Crippen LogP contribution in [0.1, 0.15) is 0 Å². The number of furan rings is 1. The molecule has 7 aromatic carbocycles. The molecule has 0 saturated carbocycles. The quantitative estimate of drug-likeness (QED) is 0.217. The summed E-state index contributed by atoms with van der Waals surface area (Å²) < 4.78 is 6.35. The predicted molar refractivity (Wildman–Crippen MR) is 177 cm³/mol. The molecular formula is C40H27NO. The molecule has 0 aliphatic rings. The highest BCUT2D eigenvalue weighted by Gasteiger charge is 2.18. The zero-order valence-corrected chi connectivity index (χ0v) is 22.9. The lowest BCUT2D eigenvalue weighted by atomic mass is 10.00. The molecule has 0 amide bonds. The van der Waals surface area contributed by atoms with Crippen molar-refractivity contribution in [3.05, 3.63) is 164 Å². The smallest absolute Gasteiger partial charge is 0.143 e. The molecule has 0 saturated heterocycles. The van der Waals surface area contributed by atoms with Gasteiger partial charge < -0.3 is 9.32 Å². The van der Waals surface area contributed by atoms with Gasteiger partial charge in [0, 0.05) is 33.1 Å². The van der Waals surface area contributed by atoms with Crippen LogP contribution in [0.25, 0.3) is 55.0 Å². The largest absolute Gasteiger partial charge is 0.455 e. The molecule has 8 aromatic rings. The fourth-order valence-corrected chi connectivity index (χ4v) is 6.03. The summed E-state index contributed by atoms with van der Waals surface area (Å²) in [6.07, 6.45) is 0. The third kappa shape index (κ3) is 4.13. The second-order valence-corrected chi connectivity index (χ2v) is 10.6. The van der Waals surface area contributed by atoms with E-state index in [4.69, 9.17) is 4.42 Å². The number of para-hydroxylation sites is 2. The summed E-state index contributed by atoms with van der Waals surface area (Å²) in [7, 11) is 0. The molecule has 0 fully saturated rings. The fourth-order valence-electron chi connectivity index (χ4n) is 6.03. The molecule has 0 aliphatic carbocycles. The van der Waals surface area contributed by atoms with E-state index in [1.807, 2.05) is 12.1 Å². The van der Waals surface area contributed by atoms with Crippen LogP contribution in [-0.2, 0) is 0 Å². The number of anilines is 3. The van der Waals surface area contributed by atoms with Crippen LogP contribution in [0.4, 0.5) is 17.1 Å². The summed E-state index contributed by atoms with van der Waals surface area (Å²) in [5.74, 6) is 0. The minimum absolute atomic E-state index is 0.918. The molecule has 0 atom stereocenters. The maximum Gasteiger partial charge on any atom is 0.143 e. The molecule has 198 valence electrons. The van der Waals surface area contributed by atoms with Crippen molar-refractivity contribution in [2.24, 2.45) is 0 Å². The van der Waals surface area contributed by atoms with Gasteiger partial charge in [-0.2, -0.15) is 0 Å². The highest BCUT2D eigenvalue weighted by molar-refractivity contribution is 6.15. The lowest BCUT2D eigenvalue weighted by molar-refractivity contribution is 0.672. The van der Waals surface area contributed by atoms with Gasteiger partial charge in [-0.25, -0.2) is 0 Å². The van der Waals surface area contributed by atoms with Crippen LogP contribution >= 0.6 is 0 Å². The SMILES string of the molecule is c1ccc(-c2ccc(N(c3ccc4c(ccc5c6ccccc6oc45)c3)c3ccccc3-c3ccccc3)cc2)cc1. The molecule has 0 spiro atoms. The Hall–Kier alpha value is -5.60. The number of benzene rings is 7. The number of fused-ring (bicyclic) bond motifs is 5. The first-order chi connectivity index (χ1) is 20.8. The Bertz CT molecular complexity index is 2180. The van der Waals surface area contributed by atoms with E-state index in [1.54, 1.807) is 0 Å². The van der Waals surface area contributed by atoms with Crippen molar-refractivity contribution < 1.29 is 4.42 Å². The molecule has 1 aromatic heterocycles. The van der Waals surface area contributed by atoms with Crippen LogP contribution in [0, 0.1) is 0 Å². The highest BCUT2D eigenvalue weighted by atomic mass is 16.3. The average molecular weight is 538 g/mol. The third-order valence-corrected chi connectivity index (χ3v) is 8.06. The van der Waals surface area contributed by atoms with Crippen molar-refractivity contribution >= 4 is 49.8 Å². The predicted octanol–water partition coefficient (Wildman–Crippen LogP) is 11.5. The summed E-state index contributed by atoms with van der Waals surface area (Å²) in [5, 5.41) is 4.55. The van der Waals surface area contributed by atoms with E-state index in [2.05, 4.69) is 157 Å². The number of hydrogen-bond acceptors (Lipinski definition) is 2. The first-order valence-electron chi connectivity index (χ1n) is 14.3. The van der Waals surface area contributed by atoms with E-state index < -0.39 is 0 Å². The maximum atomic E-state index is 6.35. The molecule has 1 heterocycles. The molecule has 42 heavy (non-hydrogen) atoms. The monoisotopic (exact) mass is 537 g/mol. The van der Waals surface area contributed by atoms with Gasteiger partial charge in [-0.1, -0.05) is 115 Å². The van der Waals surface area contributed by atoms with Gasteiger partial charge in [0.25, 0.3) is 0 Å². The molecule has 2 heteroatoms. The van der Waals surface area contributed by atoms with Crippen LogP contribution in [0.5, 0.6) is 0 Å². The first-order valence-corrected chi connectivity index (χ1v) is 14.3. The summed E-state index contributed by atoms with van der Waals surface area (Å²) in [6, 6.07) is 58.0. The number of nitrogens with zero attached hydrogens (tertiary/aromatic N) is 1. The van der Waals surface area contributed by atoms with E-state index in [0.29, 0.717) is 0 Å². The molecule has 8 rings (SSSR count). The van der Waals surface area contributed by atoms with E-state index >= 15 is 0 Å². The minimum atomic E-state index is 0.918. The fraction of sp³-hybridized carbons (Fsp3) is 0. The molecule has 0 radical (unpaired) electrons. The van der Waals surface area contributed by atoms with Crippen LogP contribution in [0.3, 0.4) is 0 Å². The van der Waals surface area contributed by atoms with Gasteiger partial charge in [0.05, 0.1) is 5.69 Å². The van der Waals surface area contributed by atoms with Crippen LogP contribution in [-0.4, -0.2) is 0 Å².